The summed E-state index contributed by atoms with van der Waals surface area (Å²) in [4.78, 5) is 13.4. The second-order valence-electron chi connectivity index (χ2n) is 5.70. The van der Waals surface area contributed by atoms with Crippen molar-refractivity contribution in [1.29, 1.82) is 0 Å². The lowest BCUT2D eigenvalue weighted by Gasteiger charge is -2.27. The van der Waals surface area contributed by atoms with Crippen LogP contribution in [0.15, 0.2) is 24.3 Å². The fraction of sp³-hybridized carbons (Fsp3) is 0.533. The number of ether oxygens (including phenoxy) is 1. The summed E-state index contributed by atoms with van der Waals surface area (Å²) in [6, 6.07) is 6.92. The van der Waals surface area contributed by atoms with Gasteiger partial charge in [0.05, 0.1) is 11.9 Å². The third-order valence-electron chi connectivity index (χ3n) is 4.17. The van der Waals surface area contributed by atoms with Crippen LogP contribution in [0, 0.1) is 0 Å². The average Bonchev–Trinajstić information content (AvgIpc) is 3.04. The van der Waals surface area contributed by atoms with E-state index in [1.54, 1.807) is 29.2 Å². The second-order valence-corrected chi connectivity index (χ2v) is 7.66. The van der Waals surface area contributed by atoms with Crippen molar-refractivity contribution in [2.45, 2.75) is 30.9 Å². The van der Waals surface area contributed by atoms with Gasteiger partial charge in [0, 0.05) is 17.9 Å². The maximum atomic E-state index is 12.2. The first kappa shape index (κ1) is 15.3. The molecule has 3 rings (SSSR count). The van der Waals surface area contributed by atoms with Gasteiger partial charge in [-0.05, 0) is 37.1 Å². The third-order valence-corrected chi connectivity index (χ3v) is 6.04. The minimum Gasteiger partial charge on any atom is -0.370 e. The van der Waals surface area contributed by atoms with Crippen molar-refractivity contribution in [2.24, 2.45) is 0 Å². The summed E-state index contributed by atoms with van der Waals surface area (Å²) in [7, 11) is -3.31. The Labute approximate surface area is 130 Å². The quantitative estimate of drug-likeness (QED) is 0.915. The minimum absolute atomic E-state index is 0.0782. The lowest BCUT2D eigenvalue weighted by molar-refractivity contribution is -0.125. The van der Waals surface area contributed by atoms with Crippen LogP contribution in [-0.4, -0.2) is 39.3 Å². The Bertz CT molecular complexity index is 636. The van der Waals surface area contributed by atoms with E-state index in [2.05, 4.69) is 4.72 Å². The number of anilines is 2. The van der Waals surface area contributed by atoms with Crippen LogP contribution in [0.1, 0.15) is 25.7 Å². The first-order chi connectivity index (χ1) is 10.6. The van der Waals surface area contributed by atoms with Crippen LogP contribution in [0.25, 0.3) is 0 Å². The normalized spacial score (nSPS) is 20.4. The number of benzene rings is 1. The molecule has 1 heterocycles. The molecule has 1 N–H and O–H groups in total. The Morgan fingerprint density at radius 3 is 2.45 bits per heavy atom. The largest absolute Gasteiger partial charge is 0.370 e. The number of rotatable bonds is 4. The molecule has 22 heavy (non-hydrogen) atoms. The number of sulfonamides is 1. The molecule has 1 saturated heterocycles. The molecule has 0 bridgehead atoms. The van der Waals surface area contributed by atoms with Gasteiger partial charge in [-0.25, -0.2) is 8.42 Å². The first-order valence-corrected chi connectivity index (χ1v) is 9.11. The highest BCUT2D eigenvalue weighted by molar-refractivity contribution is 7.93. The number of nitrogens with one attached hydrogen (secondary N) is 1. The Morgan fingerprint density at radius 1 is 1.14 bits per heavy atom. The summed E-state index contributed by atoms with van der Waals surface area (Å²) in [5, 5.41) is -0.284. The van der Waals surface area contributed by atoms with Gasteiger partial charge >= 0.3 is 0 Å². The van der Waals surface area contributed by atoms with Gasteiger partial charge in [0.25, 0.3) is 5.91 Å². The van der Waals surface area contributed by atoms with Crippen LogP contribution < -0.4 is 9.62 Å². The third kappa shape index (κ3) is 3.25. The Morgan fingerprint density at radius 2 is 1.82 bits per heavy atom. The number of hydrogen-bond acceptors (Lipinski definition) is 4. The minimum atomic E-state index is -3.31. The molecule has 120 valence electrons. The van der Waals surface area contributed by atoms with Crippen molar-refractivity contribution >= 4 is 27.3 Å². The fourth-order valence-corrected chi connectivity index (χ4v) is 4.53. The number of morpholine rings is 1. The van der Waals surface area contributed by atoms with E-state index in [0.29, 0.717) is 18.8 Å². The van der Waals surface area contributed by atoms with E-state index in [0.717, 1.165) is 31.4 Å². The molecular formula is C15H20N2O4S. The lowest BCUT2D eigenvalue weighted by atomic mass is 10.2. The van der Waals surface area contributed by atoms with Crippen molar-refractivity contribution < 1.29 is 17.9 Å². The molecule has 0 spiro atoms. The molecule has 6 nitrogen and oxygen atoms in total. The van der Waals surface area contributed by atoms with Crippen molar-refractivity contribution in [3.05, 3.63) is 24.3 Å². The Hall–Kier alpha value is -1.60. The molecule has 0 radical (unpaired) electrons. The topological polar surface area (TPSA) is 75.7 Å². The van der Waals surface area contributed by atoms with Crippen molar-refractivity contribution in [3.8, 4) is 0 Å². The van der Waals surface area contributed by atoms with E-state index in [9.17, 15) is 13.2 Å². The molecule has 7 heteroatoms. The molecular weight excluding hydrogens is 304 g/mol. The highest BCUT2D eigenvalue weighted by Gasteiger charge is 2.28. The second kappa shape index (κ2) is 6.26. The number of amides is 1. The number of nitrogens with zero attached hydrogens (tertiary/aromatic N) is 1. The van der Waals surface area contributed by atoms with Crippen molar-refractivity contribution in [3.63, 3.8) is 0 Å². The fourth-order valence-electron chi connectivity index (χ4n) is 2.95. The van der Waals surface area contributed by atoms with Gasteiger partial charge in [-0.3, -0.25) is 9.52 Å². The summed E-state index contributed by atoms with van der Waals surface area (Å²) in [6.45, 7) is 1.13. The molecule has 1 saturated carbocycles. The smallest absolute Gasteiger partial charge is 0.253 e. The summed E-state index contributed by atoms with van der Waals surface area (Å²) < 4.78 is 32.2. The van der Waals surface area contributed by atoms with Crippen molar-refractivity contribution in [2.75, 3.05) is 29.4 Å². The van der Waals surface area contributed by atoms with E-state index in [4.69, 9.17) is 4.74 Å². The maximum Gasteiger partial charge on any atom is 0.253 e. The molecule has 2 fully saturated rings. The summed E-state index contributed by atoms with van der Waals surface area (Å²) in [5.41, 5.74) is 1.30. The first-order valence-electron chi connectivity index (χ1n) is 7.56. The Kier molecular flexibility index (Phi) is 4.35. The molecule has 1 aliphatic carbocycles. The summed E-state index contributed by atoms with van der Waals surface area (Å²) in [5.74, 6) is -0.0782. The molecule has 1 aromatic carbocycles. The van der Waals surface area contributed by atoms with E-state index >= 15 is 0 Å². The number of carbonyl (C=O) groups excluding carboxylic acids is 1. The summed E-state index contributed by atoms with van der Waals surface area (Å²) in [6.07, 6.45) is 3.42. The van der Waals surface area contributed by atoms with E-state index in [-0.39, 0.29) is 17.8 Å². The van der Waals surface area contributed by atoms with E-state index < -0.39 is 10.0 Å². The molecule has 2 aliphatic rings. The monoisotopic (exact) mass is 324 g/mol. The van der Waals surface area contributed by atoms with Crippen LogP contribution in [0.3, 0.4) is 0 Å². The van der Waals surface area contributed by atoms with Gasteiger partial charge in [-0.15, -0.1) is 0 Å². The van der Waals surface area contributed by atoms with Gasteiger partial charge in [0.2, 0.25) is 10.0 Å². The average molecular weight is 324 g/mol. The van der Waals surface area contributed by atoms with Crippen molar-refractivity contribution in [1.82, 2.24) is 0 Å². The lowest BCUT2D eigenvalue weighted by Crippen LogP contribution is -2.41. The molecule has 1 aliphatic heterocycles. The van der Waals surface area contributed by atoms with Gasteiger partial charge in [0.1, 0.15) is 6.61 Å². The molecule has 1 aromatic rings. The maximum absolute atomic E-state index is 12.2. The van der Waals surface area contributed by atoms with Gasteiger partial charge in [-0.1, -0.05) is 12.8 Å². The predicted molar refractivity (Wildman–Crippen MR) is 84.4 cm³/mol. The zero-order valence-electron chi connectivity index (χ0n) is 12.3. The highest BCUT2D eigenvalue weighted by Crippen LogP contribution is 2.27. The van der Waals surface area contributed by atoms with E-state index in [1.165, 1.54) is 0 Å². The summed E-state index contributed by atoms with van der Waals surface area (Å²) >= 11 is 0. The SMILES string of the molecule is O=C1COCCN1c1ccc(NS(=O)(=O)C2CCCC2)cc1. The van der Waals surface area contributed by atoms with Crippen LogP contribution in [0.4, 0.5) is 11.4 Å². The van der Waals surface area contributed by atoms with Gasteiger partial charge in [0.15, 0.2) is 0 Å². The predicted octanol–water partition coefficient (Wildman–Crippen LogP) is 1.73. The number of hydrogen-bond donors (Lipinski definition) is 1. The Balaban J connectivity index is 1.70. The number of carbonyl (C=O) groups is 1. The molecule has 1 amide bonds. The van der Waals surface area contributed by atoms with Crippen LogP contribution in [0.2, 0.25) is 0 Å². The van der Waals surface area contributed by atoms with Crippen LogP contribution in [-0.2, 0) is 19.6 Å². The molecule has 0 unspecified atom stereocenters. The van der Waals surface area contributed by atoms with Gasteiger partial charge < -0.3 is 9.64 Å². The zero-order valence-corrected chi connectivity index (χ0v) is 13.1. The zero-order chi connectivity index (χ0) is 15.6. The van der Waals surface area contributed by atoms with E-state index in [1.807, 2.05) is 0 Å². The molecule has 0 atom stereocenters. The standard InChI is InChI=1S/C15H20N2O4S/c18-15-11-21-10-9-17(15)13-7-5-12(6-8-13)16-22(19,20)14-3-1-2-4-14/h5-8,14,16H,1-4,9-11H2. The highest BCUT2D eigenvalue weighted by atomic mass is 32.2. The molecule has 0 aromatic heterocycles. The van der Waals surface area contributed by atoms with Crippen LogP contribution in [0.5, 0.6) is 0 Å². The van der Waals surface area contributed by atoms with Gasteiger partial charge in [-0.2, -0.15) is 0 Å². The van der Waals surface area contributed by atoms with Crippen LogP contribution >= 0.6 is 0 Å².